The van der Waals surface area contributed by atoms with Crippen LogP contribution in [0, 0.1) is 17.9 Å². The molecule has 0 aliphatic carbocycles. The van der Waals surface area contributed by atoms with Crippen molar-refractivity contribution < 1.29 is 0 Å². The van der Waals surface area contributed by atoms with Crippen molar-refractivity contribution in [3.05, 3.63) is 161 Å². The van der Waals surface area contributed by atoms with Gasteiger partial charge in [0.1, 0.15) is 11.5 Å². The highest BCUT2D eigenvalue weighted by Crippen LogP contribution is 2.45. The maximum Gasteiger partial charge on any atom is 0.295 e. The van der Waals surface area contributed by atoms with E-state index in [0.717, 1.165) is 22.5 Å². The molecule has 3 aromatic heterocycles. The van der Waals surface area contributed by atoms with Gasteiger partial charge in [-0.3, -0.25) is 0 Å². The van der Waals surface area contributed by atoms with Gasteiger partial charge in [-0.05, 0) is 52.6 Å². The predicted octanol–water partition coefficient (Wildman–Crippen LogP) is 5.46. The number of benzene rings is 2. The SMILES string of the molecule is [C-]#[N+]c1ccn(C2C=CC=C(C(c3ccccc3)(c3ccccc3)c3cccc(-n4ccc(C#N)n4)n3)N2)n1. The molecule has 1 aliphatic rings. The standard InChI is InChI=1S/C31H22N8/c1-33-28-19-21-39(37-28)30-17-9-15-27(35-30)31(23-10-4-2-5-11-23,24-12-6-3-7-13-24)26-14-8-16-29(34-26)38-20-18-25(22-32)36-38/h2-21,30,35H. The number of pyridine rings is 1. The van der Waals surface area contributed by atoms with E-state index >= 15 is 0 Å². The van der Waals surface area contributed by atoms with Crippen molar-refractivity contribution in [3.63, 3.8) is 0 Å². The van der Waals surface area contributed by atoms with E-state index in [-0.39, 0.29) is 6.17 Å². The molecule has 4 heterocycles. The van der Waals surface area contributed by atoms with E-state index in [1.165, 1.54) is 0 Å². The van der Waals surface area contributed by atoms with Crippen LogP contribution in [0.1, 0.15) is 28.7 Å². The highest BCUT2D eigenvalue weighted by atomic mass is 15.4. The van der Waals surface area contributed by atoms with Crippen molar-refractivity contribution >= 4 is 5.82 Å². The molecule has 0 saturated heterocycles. The Morgan fingerprint density at radius 3 is 2.26 bits per heavy atom. The minimum Gasteiger partial charge on any atom is -0.361 e. The second-order valence-corrected chi connectivity index (χ2v) is 8.94. The van der Waals surface area contributed by atoms with E-state index in [9.17, 15) is 5.26 Å². The van der Waals surface area contributed by atoms with Crippen molar-refractivity contribution in [2.24, 2.45) is 0 Å². The molecule has 6 rings (SSSR count). The summed E-state index contributed by atoms with van der Waals surface area (Å²) in [6.07, 6.45) is 9.30. The molecule has 2 aromatic carbocycles. The zero-order valence-electron chi connectivity index (χ0n) is 20.8. The third-order valence-corrected chi connectivity index (χ3v) is 6.73. The maximum absolute atomic E-state index is 9.29. The molecule has 0 fully saturated rings. The Kier molecular flexibility index (Phi) is 6.04. The number of rotatable bonds is 6. The van der Waals surface area contributed by atoms with Gasteiger partial charge in [0.15, 0.2) is 17.7 Å². The van der Waals surface area contributed by atoms with Crippen molar-refractivity contribution in [1.29, 1.82) is 5.26 Å². The van der Waals surface area contributed by atoms with Crippen LogP contribution in [0.5, 0.6) is 0 Å². The Morgan fingerprint density at radius 1 is 0.872 bits per heavy atom. The summed E-state index contributed by atoms with van der Waals surface area (Å²) in [5.41, 5.74) is 3.21. The van der Waals surface area contributed by atoms with E-state index in [1.54, 1.807) is 33.9 Å². The zero-order chi connectivity index (χ0) is 26.7. The molecule has 1 atom stereocenters. The van der Waals surface area contributed by atoms with Crippen LogP contribution in [0.15, 0.2) is 127 Å². The first-order valence-corrected chi connectivity index (χ1v) is 12.4. The molecular weight excluding hydrogens is 484 g/mol. The number of hydrogen-bond acceptors (Lipinski definition) is 5. The zero-order valence-corrected chi connectivity index (χ0v) is 20.8. The number of nitriles is 1. The molecule has 1 aliphatic heterocycles. The van der Waals surface area contributed by atoms with Crippen molar-refractivity contribution in [3.8, 4) is 11.9 Å². The van der Waals surface area contributed by atoms with E-state index < -0.39 is 5.41 Å². The van der Waals surface area contributed by atoms with Crippen molar-refractivity contribution in [1.82, 2.24) is 29.9 Å². The van der Waals surface area contributed by atoms with Crippen LogP contribution in [-0.2, 0) is 5.41 Å². The molecule has 8 nitrogen and oxygen atoms in total. The van der Waals surface area contributed by atoms with Crippen molar-refractivity contribution in [2.75, 3.05) is 0 Å². The predicted molar refractivity (Wildman–Crippen MR) is 147 cm³/mol. The fourth-order valence-corrected chi connectivity index (χ4v) is 5.00. The molecule has 39 heavy (non-hydrogen) atoms. The molecule has 0 spiro atoms. The molecule has 1 N–H and O–H groups in total. The topological polar surface area (TPSA) is 88.7 Å². The van der Waals surface area contributed by atoms with Gasteiger partial charge in [-0.2, -0.15) is 15.0 Å². The van der Waals surface area contributed by atoms with Gasteiger partial charge in [-0.1, -0.05) is 79.4 Å². The molecule has 0 radical (unpaired) electrons. The largest absolute Gasteiger partial charge is 0.361 e. The molecule has 0 bridgehead atoms. The van der Waals surface area contributed by atoms with Gasteiger partial charge in [0.2, 0.25) is 0 Å². The molecule has 0 saturated carbocycles. The van der Waals surface area contributed by atoms with E-state index in [1.807, 2.05) is 66.7 Å². The lowest BCUT2D eigenvalue weighted by Gasteiger charge is -2.39. The summed E-state index contributed by atoms with van der Waals surface area (Å²) in [6, 6.07) is 31.8. The Morgan fingerprint density at radius 2 is 1.62 bits per heavy atom. The molecule has 0 amide bonds. The minimum atomic E-state index is -0.831. The Bertz CT molecular complexity index is 1720. The van der Waals surface area contributed by atoms with Gasteiger partial charge in [-0.25, -0.2) is 9.67 Å². The minimum absolute atomic E-state index is 0.306. The highest BCUT2D eigenvalue weighted by Gasteiger charge is 2.43. The maximum atomic E-state index is 9.29. The lowest BCUT2D eigenvalue weighted by Crippen LogP contribution is -2.42. The smallest absolute Gasteiger partial charge is 0.295 e. The number of hydrogen-bond donors (Lipinski definition) is 1. The molecular formula is C31H22N8. The first-order chi connectivity index (χ1) is 19.2. The van der Waals surface area contributed by atoms with Gasteiger partial charge >= 0.3 is 0 Å². The summed E-state index contributed by atoms with van der Waals surface area (Å²) in [4.78, 5) is 8.59. The average molecular weight is 507 g/mol. The lowest BCUT2D eigenvalue weighted by molar-refractivity contribution is 0.447. The Hall–Kier alpha value is -5.73. The van der Waals surface area contributed by atoms with Crippen LogP contribution in [-0.4, -0.2) is 24.5 Å². The average Bonchev–Trinajstić information content (AvgIpc) is 3.70. The molecule has 1 unspecified atom stereocenters. The van der Waals surface area contributed by atoms with Crippen LogP contribution in [0.3, 0.4) is 0 Å². The first kappa shape index (κ1) is 23.7. The number of nitrogens with one attached hydrogen (secondary N) is 1. The Labute approximate surface area is 225 Å². The number of allylic oxidation sites excluding steroid dienone is 3. The van der Waals surface area contributed by atoms with E-state index in [2.05, 4.69) is 56.8 Å². The van der Waals surface area contributed by atoms with Gasteiger partial charge < -0.3 is 10.2 Å². The second kappa shape index (κ2) is 9.97. The number of dihydropyridines is 1. The van der Waals surface area contributed by atoms with Crippen molar-refractivity contribution in [2.45, 2.75) is 11.6 Å². The van der Waals surface area contributed by atoms with Crippen LogP contribution >= 0.6 is 0 Å². The van der Waals surface area contributed by atoms with Crippen LogP contribution in [0.25, 0.3) is 10.7 Å². The van der Waals surface area contributed by atoms with Gasteiger partial charge in [0, 0.05) is 18.1 Å². The Balaban J connectivity index is 1.58. The summed E-state index contributed by atoms with van der Waals surface area (Å²) in [7, 11) is 0. The van der Waals surface area contributed by atoms with Crippen LogP contribution < -0.4 is 5.32 Å². The quantitative estimate of drug-likeness (QED) is 0.309. The fourth-order valence-electron chi connectivity index (χ4n) is 5.00. The molecule has 186 valence electrons. The monoisotopic (exact) mass is 506 g/mol. The summed E-state index contributed by atoms with van der Waals surface area (Å²) in [5, 5.41) is 21.8. The van der Waals surface area contributed by atoms with Gasteiger partial charge in [-0.15, -0.1) is 0 Å². The highest BCUT2D eigenvalue weighted by molar-refractivity contribution is 5.58. The molecule has 5 aromatic rings. The number of aromatic nitrogens is 5. The summed E-state index contributed by atoms with van der Waals surface area (Å²) in [6.45, 7) is 7.32. The second-order valence-electron chi connectivity index (χ2n) is 8.94. The third kappa shape index (κ3) is 4.16. The lowest BCUT2D eigenvalue weighted by atomic mass is 9.68. The van der Waals surface area contributed by atoms with Crippen LogP contribution in [0.4, 0.5) is 5.82 Å². The van der Waals surface area contributed by atoms with Crippen LogP contribution in [0.2, 0.25) is 0 Å². The third-order valence-electron chi connectivity index (χ3n) is 6.73. The van der Waals surface area contributed by atoms with E-state index in [0.29, 0.717) is 17.3 Å². The first-order valence-electron chi connectivity index (χ1n) is 12.4. The normalized spacial score (nSPS) is 14.6. The summed E-state index contributed by atoms with van der Waals surface area (Å²) < 4.78 is 3.36. The van der Waals surface area contributed by atoms with E-state index in [4.69, 9.17) is 11.6 Å². The summed E-state index contributed by atoms with van der Waals surface area (Å²) in [5.74, 6) is 0.937. The summed E-state index contributed by atoms with van der Waals surface area (Å²) >= 11 is 0. The number of nitrogens with zero attached hydrogens (tertiary/aromatic N) is 7. The van der Waals surface area contributed by atoms with Gasteiger partial charge in [0.05, 0.1) is 5.69 Å². The fraction of sp³-hybridized carbons (Fsp3) is 0.0645. The molecule has 8 heteroatoms. The van der Waals surface area contributed by atoms with Gasteiger partial charge in [0.25, 0.3) is 5.82 Å².